The number of hydrogen-bond acceptors (Lipinski definition) is 2. The van der Waals surface area contributed by atoms with Gasteiger partial charge in [0.2, 0.25) is 0 Å². The molecule has 0 aliphatic rings. The fourth-order valence-electron chi connectivity index (χ4n) is 4.66. The van der Waals surface area contributed by atoms with Crippen LogP contribution in [0, 0.1) is 6.92 Å². The summed E-state index contributed by atoms with van der Waals surface area (Å²) in [5.41, 5.74) is 6.76. The second-order valence-corrected chi connectivity index (χ2v) is 10.4. The van der Waals surface area contributed by atoms with E-state index in [1.54, 1.807) is 6.08 Å². The minimum absolute atomic E-state index is 0.116. The van der Waals surface area contributed by atoms with E-state index in [0.717, 1.165) is 57.9 Å². The van der Waals surface area contributed by atoms with E-state index in [2.05, 4.69) is 23.8 Å². The molecular weight excluding hydrogens is 537 g/mol. The zero-order valence-corrected chi connectivity index (χ0v) is 24.5. The highest BCUT2D eigenvalue weighted by atomic mass is 35.5. The molecular formula is C34H33Cl2N3O. The topological polar surface area (TPSA) is 57.8 Å². The molecule has 2 N–H and O–H groups in total. The lowest BCUT2D eigenvalue weighted by atomic mass is 9.93. The fraction of sp³-hybridized carbons (Fsp3) is 0.176. The third-order valence-corrected chi connectivity index (χ3v) is 7.27. The van der Waals surface area contributed by atoms with Crippen molar-refractivity contribution in [2.24, 2.45) is 0 Å². The summed E-state index contributed by atoms with van der Waals surface area (Å²) in [6, 6.07) is 18.9. The van der Waals surface area contributed by atoms with Crippen LogP contribution in [0.3, 0.4) is 0 Å². The fourth-order valence-corrected chi connectivity index (χ4v) is 5.07. The van der Waals surface area contributed by atoms with Crippen LogP contribution in [0.1, 0.15) is 65.6 Å². The number of rotatable bonds is 10. The molecule has 204 valence electrons. The Labute approximate surface area is 246 Å². The van der Waals surface area contributed by atoms with Crippen molar-refractivity contribution in [1.29, 1.82) is 0 Å². The number of halogens is 2. The number of amides is 1. The van der Waals surface area contributed by atoms with Crippen LogP contribution in [0.2, 0.25) is 10.0 Å². The molecule has 1 unspecified atom stereocenters. The highest BCUT2D eigenvalue weighted by Crippen LogP contribution is 2.39. The Hall–Kier alpha value is -3.86. The minimum atomic E-state index is -0.151. The summed E-state index contributed by atoms with van der Waals surface area (Å²) in [7, 11) is 0. The molecule has 3 aromatic carbocycles. The van der Waals surface area contributed by atoms with Gasteiger partial charge < -0.3 is 10.3 Å². The molecule has 6 heteroatoms. The predicted molar refractivity (Wildman–Crippen MR) is 170 cm³/mol. The maximum Gasteiger partial charge on any atom is 0.251 e. The lowest BCUT2D eigenvalue weighted by molar-refractivity contribution is 0.0934. The number of carbonyl (C=O) groups excluding carboxylic acids is 1. The van der Waals surface area contributed by atoms with E-state index in [-0.39, 0.29) is 11.9 Å². The predicted octanol–water partition coefficient (Wildman–Crippen LogP) is 9.86. The lowest BCUT2D eigenvalue weighted by Gasteiger charge is -2.20. The van der Waals surface area contributed by atoms with Crippen molar-refractivity contribution < 1.29 is 4.79 Å². The molecule has 1 heterocycles. The summed E-state index contributed by atoms with van der Waals surface area (Å²) in [6.45, 7) is 10.1. The van der Waals surface area contributed by atoms with Gasteiger partial charge in [-0.05, 0) is 73.4 Å². The molecule has 4 rings (SSSR count). The number of hydrogen-bond donors (Lipinski definition) is 2. The lowest BCUT2D eigenvalue weighted by Crippen LogP contribution is -2.28. The van der Waals surface area contributed by atoms with Gasteiger partial charge >= 0.3 is 0 Å². The largest absolute Gasteiger partial charge is 0.345 e. The van der Waals surface area contributed by atoms with Crippen LogP contribution in [0.4, 0.5) is 0 Å². The summed E-state index contributed by atoms with van der Waals surface area (Å²) in [6.07, 6.45) is 11.4. The molecule has 1 aromatic heterocycles. The number of carbonyl (C=O) groups is 1. The maximum absolute atomic E-state index is 13.4. The van der Waals surface area contributed by atoms with E-state index in [0.29, 0.717) is 15.6 Å². The van der Waals surface area contributed by atoms with E-state index < -0.39 is 0 Å². The van der Waals surface area contributed by atoms with Crippen LogP contribution in [0.25, 0.3) is 34.7 Å². The Morgan fingerprint density at radius 2 is 1.85 bits per heavy atom. The maximum atomic E-state index is 13.4. The second kappa shape index (κ2) is 13.5. The van der Waals surface area contributed by atoms with Crippen LogP contribution in [-0.4, -0.2) is 15.9 Å². The first-order valence-electron chi connectivity index (χ1n) is 13.3. The molecule has 4 aromatic rings. The first-order valence-corrected chi connectivity index (χ1v) is 14.1. The van der Waals surface area contributed by atoms with Crippen LogP contribution in [0.5, 0.6) is 0 Å². The first-order chi connectivity index (χ1) is 19.4. The number of nitrogens with one attached hydrogen (secondary N) is 2. The number of imidazole rings is 1. The molecule has 4 nitrogen and oxygen atoms in total. The third kappa shape index (κ3) is 6.64. The number of aromatic amines is 1. The molecule has 0 aliphatic heterocycles. The van der Waals surface area contributed by atoms with Crippen LogP contribution < -0.4 is 5.32 Å². The summed E-state index contributed by atoms with van der Waals surface area (Å²) < 4.78 is 0. The van der Waals surface area contributed by atoms with Crippen molar-refractivity contribution in [1.82, 2.24) is 15.3 Å². The second-order valence-electron chi connectivity index (χ2n) is 9.52. The molecule has 40 heavy (non-hydrogen) atoms. The quantitative estimate of drug-likeness (QED) is 0.187. The number of allylic oxidation sites excluding steroid dienone is 3. The molecule has 1 atom stereocenters. The van der Waals surface area contributed by atoms with E-state index in [1.807, 2.05) is 98.8 Å². The summed E-state index contributed by atoms with van der Waals surface area (Å²) in [4.78, 5) is 21.6. The number of benzene rings is 3. The van der Waals surface area contributed by atoms with Crippen molar-refractivity contribution in [2.75, 3.05) is 0 Å². The molecule has 0 fully saturated rings. The highest BCUT2D eigenvalue weighted by molar-refractivity contribution is 6.34. The Morgan fingerprint density at radius 3 is 2.55 bits per heavy atom. The van der Waals surface area contributed by atoms with E-state index >= 15 is 0 Å². The van der Waals surface area contributed by atoms with Gasteiger partial charge in [-0.15, -0.1) is 0 Å². The van der Waals surface area contributed by atoms with Gasteiger partial charge in [-0.2, -0.15) is 0 Å². The monoisotopic (exact) mass is 569 g/mol. The number of nitrogens with zero attached hydrogens (tertiary/aromatic N) is 1. The van der Waals surface area contributed by atoms with Gasteiger partial charge in [0.25, 0.3) is 5.91 Å². The average Bonchev–Trinajstić information content (AvgIpc) is 3.33. The molecule has 0 aliphatic carbocycles. The summed E-state index contributed by atoms with van der Waals surface area (Å²) >= 11 is 12.9. The molecule has 0 spiro atoms. The SMILES string of the molecule is C=Cc1cc(C(=O)NC(CCC)c2ccc(Cl)cc2)ccc1-c1c(Cl)cccc1-c1nc(/C=C\C=C/C)c(C)[nH]1. The van der Waals surface area contributed by atoms with Crippen LogP contribution in [-0.2, 0) is 0 Å². The summed E-state index contributed by atoms with van der Waals surface area (Å²) in [5, 5.41) is 4.45. The van der Waals surface area contributed by atoms with Crippen molar-refractivity contribution in [3.05, 3.63) is 124 Å². The van der Waals surface area contributed by atoms with Crippen LogP contribution >= 0.6 is 23.2 Å². The van der Waals surface area contributed by atoms with Gasteiger partial charge in [0.1, 0.15) is 5.82 Å². The standard InChI is InChI=1S/C34H33Cl2N3O/c1-5-8-9-14-30-22(4)37-33(38-30)28-12-10-13-29(36)32(28)27-20-17-25(21-23(27)7-3)34(40)39-31(11-6-2)24-15-18-26(35)19-16-24/h5,7-10,12-21,31H,3,6,11H2,1-2,4H3,(H,37,38)(H,39,40)/b8-5-,14-9-. The zero-order valence-electron chi connectivity index (χ0n) is 23.0. The van der Waals surface area contributed by atoms with Crippen molar-refractivity contribution >= 4 is 41.3 Å². The zero-order chi connectivity index (χ0) is 28.6. The van der Waals surface area contributed by atoms with Gasteiger partial charge in [0, 0.05) is 32.4 Å². The van der Waals surface area contributed by atoms with Crippen molar-refractivity contribution in [3.8, 4) is 22.5 Å². The van der Waals surface area contributed by atoms with Gasteiger partial charge in [-0.1, -0.05) is 97.8 Å². The normalized spacial score (nSPS) is 12.2. The van der Waals surface area contributed by atoms with Crippen molar-refractivity contribution in [2.45, 2.75) is 39.7 Å². The van der Waals surface area contributed by atoms with E-state index in [1.165, 1.54) is 0 Å². The van der Waals surface area contributed by atoms with Gasteiger partial charge in [0.15, 0.2) is 0 Å². The van der Waals surface area contributed by atoms with Crippen molar-refractivity contribution in [3.63, 3.8) is 0 Å². The van der Waals surface area contributed by atoms with Gasteiger partial charge in [-0.25, -0.2) is 4.98 Å². The molecule has 0 radical (unpaired) electrons. The third-order valence-electron chi connectivity index (χ3n) is 6.71. The highest BCUT2D eigenvalue weighted by Gasteiger charge is 2.20. The van der Waals surface area contributed by atoms with Gasteiger partial charge in [0.05, 0.1) is 11.7 Å². The molecule has 0 saturated carbocycles. The minimum Gasteiger partial charge on any atom is -0.345 e. The Kier molecular flexibility index (Phi) is 9.81. The Balaban J connectivity index is 1.69. The molecule has 0 saturated heterocycles. The van der Waals surface area contributed by atoms with E-state index in [4.69, 9.17) is 28.2 Å². The molecule has 0 bridgehead atoms. The first kappa shape index (κ1) is 29.1. The average molecular weight is 571 g/mol. The Morgan fingerprint density at radius 1 is 1.07 bits per heavy atom. The number of aryl methyl sites for hydroxylation is 1. The van der Waals surface area contributed by atoms with E-state index in [9.17, 15) is 4.79 Å². The molecule has 1 amide bonds. The van der Waals surface area contributed by atoms with Crippen LogP contribution in [0.15, 0.2) is 85.5 Å². The summed E-state index contributed by atoms with van der Waals surface area (Å²) in [5.74, 6) is 0.569. The smallest absolute Gasteiger partial charge is 0.251 e. The number of H-pyrrole nitrogens is 1. The Bertz CT molecular complexity index is 1560. The number of aromatic nitrogens is 2. The van der Waals surface area contributed by atoms with Gasteiger partial charge in [-0.3, -0.25) is 4.79 Å².